The Bertz CT molecular complexity index is 1150. The van der Waals surface area contributed by atoms with Crippen LogP contribution in [0.4, 0.5) is 0 Å². The Labute approximate surface area is 443 Å². The van der Waals surface area contributed by atoms with Crippen molar-refractivity contribution < 1.29 is 28.6 Å². The first-order valence-electron chi connectivity index (χ1n) is 31.8. The summed E-state index contributed by atoms with van der Waals surface area (Å²) in [4.78, 5) is 38.0. The fourth-order valence-corrected chi connectivity index (χ4v) is 9.65. The van der Waals surface area contributed by atoms with E-state index >= 15 is 0 Å². The molecule has 6 nitrogen and oxygen atoms in total. The molecular formula is C65H122O6. The molecule has 0 fully saturated rings. The van der Waals surface area contributed by atoms with E-state index in [1.807, 2.05) is 0 Å². The van der Waals surface area contributed by atoms with Gasteiger partial charge in [0.25, 0.3) is 0 Å². The number of allylic oxidation sites excluding steroid dienone is 4. The molecule has 0 aromatic heterocycles. The average Bonchev–Trinajstić information content (AvgIpc) is 3.37. The molecule has 1 atom stereocenters. The van der Waals surface area contributed by atoms with Crippen molar-refractivity contribution in [1.82, 2.24) is 0 Å². The summed E-state index contributed by atoms with van der Waals surface area (Å²) in [6.45, 7) is 6.62. The van der Waals surface area contributed by atoms with Gasteiger partial charge in [-0.25, -0.2) is 0 Å². The highest BCUT2D eigenvalue weighted by atomic mass is 16.6. The van der Waals surface area contributed by atoms with E-state index in [1.54, 1.807) is 0 Å². The summed E-state index contributed by atoms with van der Waals surface area (Å²) in [7, 11) is 0. The van der Waals surface area contributed by atoms with Crippen LogP contribution < -0.4 is 0 Å². The lowest BCUT2D eigenvalue weighted by Gasteiger charge is -2.18. The van der Waals surface area contributed by atoms with Gasteiger partial charge in [-0.15, -0.1) is 0 Å². The molecule has 0 rings (SSSR count). The number of hydrogen-bond acceptors (Lipinski definition) is 6. The molecular weight excluding hydrogens is 877 g/mol. The Morgan fingerprint density at radius 2 is 0.507 bits per heavy atom. The third-order valence-electron chi connectivity index (χ3n) is 14.5. The third-order valence-corrected chi connectivity index (χ3v) is 14.5. The van der Waals surface area contributed by atoms with E-state index in [0.29, 0.717) is 19.3 Å². The van der Waals surface area contributed by atoms with Gasteiger partial charge in [0.15, 0.2) is 6.10 Å². The van der Waals surface area contributed by atoms with Gasteiger partial charge in [-0.05, 0) is 51.4 Å². The van der Waals surface area contributed by atoms with Crippen LogP contribution in [0.2, 0.25) is 0 Å². The highest BCUT2D eigenvalue weighted by Crippen LogP contribution is 2.18. The predicted octanol–water partition coefficient (Wildman–Crippen LogP) is 21.4. The van der Waals surface area contributed by atoms with Crippen molar-refractivity contribution in [2.75, 3.05) is 13.2 Å². The van der Waals surface area contributed by atoms with Gasteiger partial charge < -0.3 is 14.2 Å². The molecule has 0 spiro atoms. The Morgan fingerprint density at radius 1 is 0.282 bits per heavy atom. The summed E-state index contributed by atoms with van der Waals surface area (Å²) < 4.78 is 16.8. The quantitative estimate of drug-likeness (QED) is 0.0261. The zero-order valence-corrected chi connectivity index (χ0v) is 48.0. The van der Waals surface area contributed by atoms with E-state index in [2.05, 4.69) is 45.1 Å². The first kappa shape index (κ1) is 68.9. The van der Waals surface area contributed by atoms with Crippen molar-refractivity contribution in [2.24, 2.45) is 0 Å². The molecule has 0 saturated carbocycles. The van der Waals surface area contributed by atoms with Crippen molar-refractivity contribution in [3.8, 4) is 0 Å². The summed E-state index contributed by atoms with van der Waals surface area (Å²) in [5.41, 5.74) is 0. The lowest BCUT2D eigenvalue weighted by atomic mass is 10.0. The molecule has 0 bridgehead atoms. The van der Waals surface area contributed by atoms with Gasteiger partial charge in [-0.1, -0.05) is 308 Å². The minimum Gasteiger partial charge on any atom is -0.462 e. The van der Waals surface area contributed by atoms with Gasteiger partial charge in [0.2, 0.25) is 0 Å². The van der Waals surface area contributed by atoms with Crippen LogP contribution in [0, 0.1) is 0 Å². The second kappa shape index (κ2) is 60.4. The van der Waals surface area contributed by atoms with E-state index in [9.17, 15) is 14.4 Å². The molecule has 0 aliphatic carbocycles. The van der Waals surface area contributed by atoms with Gasteiger partial charge in [-0.3, -0.25) is 14.4 Å². The SMILES string of the molecule is CCCCC/C=C\C/C=C\CCCCCCCCCC(=O)OC(COC(=O)CCCCCCCCC)COC(=O)CCCCCCCCCCCCCCCCCCCCCCCCCCCCCCC. The monoisotopic (exact) mass is 999 g/mol. The molecule has 1 unspecified atom stereocenters. The van der Waals surface area contributed by atoms with Crippen molar-refractivity contribution in [3.63, 3.8) is 0 Å². The summed E-state index contributed by atoms with van der Waals surface area (Å²) in [6.07, 6.45) is 72.3. The van der Waals surface area contributed by atoms with E-state index < -0.39 is 6.10 Å². The number of esters is 3. The lowest BCUT2D eigenvalue weighted by Crippen LogP contribution is -2.30. The number of rotatable bonds is 59. The molecule has 0 aromatic rings. The first-order valence-corrected chi connectivity index (χ1v) is 31.8. The van der Waals surface area contributed by atoms with Gasteiger partial charge in [0.05, 0.1) is 0 Å². The van der Waals surface area contributed by atoms with E-state index in [4.69, 9.17) is 14.2 Å². The lowest BCUT2D eigenvalue weighted by molar-refractivity contribution is -0.167. The van der Waals surface area contributed by atoms with Gasteiger partial charge in [0.1, 0.15) is 13.2 Å². The van der Waals surface area contributed by atoms with Crippen LogP contribution >= 0.6 is 0 Å². The van der Waals surface area contributed by atoms with Gasteiger partial charge in [0, 0.05) is 19.3 Å². The number of carbonyl (C=O) groups excluding carboxylic acids is 3. The van der Waals surface area contributed by atoms with Crippen LogP contribution in [-0.4, -0.2) is 37.2 Å². The highest BCUT2D eigenvalue weighted by molar-refractivity contribution is 5.71. The molecule has 0 aromatic carbocycles. The normalized spacial score (nSPS) is 12.1. The number of hydrogen-bond donors (Lipinski definition) is 0. The average molecular weight is 1000 g/mol. The molecule has 0 aliphatic heterocycles. The Kier molecular flexibility index (Phi) is 58.6. The van der Waals surface area contributed by atoms with Crippen molar-refractivity contribution in [1.29, 1.82) is 0 Å². The molecule has 0 radical (unpaired) electrons. The summed E-state index contributed by atoms with van der Waals surface area (Å²) in [6, 6.07) is 0. The molecule has 0 heterocycles. The largest absolute Gasteiger partial charge is 0.462 e. The minimum absolute atomic E-state index is 0.0697. The standard InChI is InChI=1S/C65H122O6/c1-4-7-10-13-16-18-20-22-24-26-27-28-29-30-31-32-33-34-35-36-37-39-40-42-44-46-49-52-55-58-64(67)70-61-62(60-69-63(66)57-54-51-48-15-12-9-6-3)71-65(68)59-56-53-50-47-45-43-41-38-25-23-21-19-17-14-11-8-5-2/h17,19,23,25,62H,4-16,18,20-22,24,26-61H2,1-3H3/b19-17-,25-23-. The topological polar surface area (TPSA) is 78.9 Å². The molecule has 0 aliphatic rings. The zero-order valence-electron chi connectivity index (χ0n) is 48.0. The van der Waals surface area contributed by atoms with Crippen LogP contribution in [0.25, 0.3) is 0 Å². The van der Waals surface area contributed by atoms with Crippen LogP contribution in [0.15, 0.2) is 24.3 Å². The summed E-state index contributed by atoms with van der Waals surface area (Å²) in [5, 5.41) is 0. The second-order valence-corrected chi connectivity index (χ2v) is 21.7. The fraction of sp³-hybridized carbons (Fsp3) is 0.892. The predicted molar refractivity (Wildman–Crippen MR) is 307 cm³/mol. The maximum atomic E-state index is 12.8. The first-order chi connectivity index (χ1) is 35.0. The fourth-order valence-electron chi connectivity index (χ4n) is 9.65. The van der Waals surface area contributed by atoms with Crippen molar-refractivity contribution >= 4 is 17.9 Å². The Morgan fingerprint density at radius 3 is 0.803 bits per heavy atom. The Balaban J connectivity index is 4.01. The molecule has 6 heteroatoms. The third kappa shape index (κ3) is 58.7. The van der Waals surface area contributed by atoms with Crippen LogP contribution in [-0.2, 0) is 28.6 Å². The van der Waals surface area contributed by atoms with Gasteiger partial charge >= 0.3 is 17.9 Å². The molecule has 71 heavy (non-hydrogen) atoms. The zero-order chi connectivity index (χ0) is 51.4. The summed E-state index contributed by atoms with van der Waals surface area (Å²) >= 11 is 0. The van der Waals surface area contributed by atoms with E-state index in [-0.39, 0.29) is 31.1 Å². The van der Waals surface area contributed by atoms with E-state index in [1.165, 1.54) is 244 Å². The number of carbonyl (C=O) groups is 3. The van der Waals surface area contributed by atoms with Crippen LogP contribution in [0.3, 0.4) is 0 Å². The maximum Gasteiger partial charge on any atom is 0.306 e. The van der Waals surface area contributed by atoms with Crippen molar-refractivity contribution in [2.45, 2.75) is 361 Å². The smallest absolute Gasteiger partial charge is 0.306 e. The molecule has 0 saturated heterocycles. The molecule has 418 valence electrons. The van der Waals surface area contributed by atoms with Gasteiger partial charge in [-0.2, -0.15) is 0 Å². The number of unbranched alkanes of at least 4 members (excludes halogenated alkanes) is 44. The van der Waals surface area contributed by atoms with Crippen LogP contribution in [0.1, 0.15) is 355 Å². The number of ether oxygens (including phenoxy) is 3. The Hall–Kier alpha value is -2.11. The minimum atomic E-state index is -0.770. The van der Waals surface area contributed by atoms with E-state index in [0.717, 1.165) is 70.6 Å². The van der Waals surface area contributed by atoms with Crippen molar-refractivity contribution in [3.05, 3.63) is 24.3 Å². The molecule has 0 N–H and O–H groups in total. The summed E-state index contributed by atoms with van der Waals surface area (Å²) in [5.74, 6) is -0.863. The highest BCUT2D eigenvalue weighted by Gasteiger charge is 2.19. The molecule has 0 amide bonds. The second-order valence-electron chi connectivity index (χ2n) is 21.7. The maximum absolute atomic E-state index is 12.8. The van der Waals surface area contributed by atoms with Crippen LogP contribution in [0.5, 0.6) is 0 Å².